The minimum absolute atomic E-state index is 0.0868. The zero-order valence-corrected chi connectivity index (χ0v) is 17.8. The Hall–Kier alpha value is -2.40. The zero-order valence-electron chi connectivity index (χ0n) is 17.8. The van der Waals surface area contributed by atoms with Crippen molar-refractivity contribution in [3.63, 3.8) is 0 Å². The molecule has 2 saturated heterocycles. The minimum atomic E-state index is 0.0868. The minimum Gasteiger partial charge on any atom is -0.354 e. The van der Waals surface area contributed by atoms with Gasteiger partial charge in [0.1, 0.15) is 5.69 Å². The Morgan fingerprint density at radius 1 is 1.03 bits per heavy atom. The number of carbonyl (C=O) groups excluding carboxylic acids is 2. The second-order valence-electron chi connectivity index (χ2n) is 9.13. The van der Waals surface area contributed by atoms with Crippen LogP contribution in [0.2, 0.25) is 0 Å². The van der Waals surface area contributed by atoms with Crippen molar-refractivity contribution in [3.8, 4) is 0 Å². The molecule has 1 aromatic carbocycles. The van der Waals surface area contributed by atoms with E-state index in [0.29, 0.717) is 18.2 Å². The van der Waals surface area contributed by atoms with Gasteiger partial charge in [0.15, 0.2) is 5.78 Å². The van der Waals surface area contributed by atoms with Gasteiger partial charge in [-0.25, -0.2) is 0 Å². The summed E-state index contributed by atoms with van der Waals surface area (Å²) in [4.78, 5) is 34.0. The number of nitrogens with zero attached hydrogens (tertiary/aromatic N) is 2. The summed E-state index contributed by atoms with van der Waals surface area (Å²) in [6, 6.07) is 11.3. The lowest BCUT2D eigenvalue weighted by atomic mass is 9.93. The van der Waals surface area contributed by atoms with Gasteiger partial charge in [-0.3, -0.25) is 14.5 Å². The molecule has 2 aromatic rings. The fourth-order valence-electron chi connectivity index (χ4n) is 5.88. The van der Waals surface area contributed by atoms with Crippen molar-refractivity contribution in [1.82, 2.24) is 14.8 Å². The van der Waals surface area contributed by atoms with Crippen molar-refractivity contribution in [1.29, 1.82) is 0 Å². The summed E-state index contributed by atoms with van der Waals surface area (Å²) in [5.41, 5.74) is 4.60. The number of aryl methyl sites for hydroxylation is 1. The largest absolute Gasteiger partial charge is 0.354 e. The van der Waals surface area contributed by atoms with Crippen LogP contribution in [0.4, 0.5) is 0 Å². The Balaban J connectivity index is 1.37. The number of aromatic nitrogens is 1. The number of H-pyrrole nitrogens is 1. The Bertz CT molecular complexity index is 949. The van der Waals surface area contributed by atoms with Gasteiger partial charge in [-0.15, -0.1) is 0 Å². The van der Waals surface area contributed by atoms with Crippen molar-refractivity contribution in [3.05, 3.63) is 58.4 Å². The van der Waals surface area contributed by atoms with Crippen molar-refractivity contribution in [2.75, 3.05) is 13.1 Å². The molecule has 2 atom stereocenters. The summed E-state index contributed by atoms with van der Waals surface area (Å²) in [6.45, 7) is 4.81. The Morgan fingerprint density at radius 2 is 1.80 bits per heavy atom. The number of fused-ring (bicyclic) bond motifs is 1. The molecule has 3 heterocycles. The van der Waals surface area contributed by atoms with Crippen LogP contribution in [-0.2, 0) is 13.0 Å². The third-order valence-corrected chi connectivity index (χ3v) is 7.30. The molecule has 3 aliphatic rings. The number of ketones is 1. The third kappa shape index (κ3) is 3.39. The molecule has 1 aliphatic carbocycles. The van der Waals surface area contributed by atoms with Crippen LogP contribution < -0.4 is 0 Å². The summed E-state index contributed by atoms with van der Waals surface area (Å²) in [6.07, 6.45) is 6.82. The van der Waals surface area contributed by atoms with E-state index in [2.05, 4.69) is 45.1 Å². The van der Waals surface area contributed by atoms with Gasteiger partial charge in [-0.05, 0) is 63.1 Å². The van der Waals surface area contributed by atoms with E-state index < -0.39 is 0 Å². The number of likely N-dealkylation sites (tertiary alicyclic amines) is 2. The first-order chi connectivity index (χ1) is 14.6. The van der Waals surface area contributed by atoms with Crippen molar-refractivity contribution >= 4 is 11.7 Å². The topological polar surface area (TPSA) is 56.4 Å². The Kier molecular flexibility index (Phi) is 5.23. The summed E-state index contributed by atoms with van der Waals surface area (Å²) >= 11 is 0. The van der Waals surface area contributed by atoms with E-state index >= 15 is 0 Å². The third-order valence-electron chi connectivity index (χ3n) is 7.30. The lowest BCUT2D eigenvalue weighted by Gasteiger charge is -2.35. The van der Waals surface area contributed by atoms with Crippen LogP contribution in [0, 0.1) is 6.92 Å². The van der Waals surface area contributed by atoms with Gasteiger partial charge < -0.3 is 9.88 Å². The number of aromatic amines is 1. The molecule has 0 spiro atoms. The summed E-state index contributed by atoms with van der Waals surface area (Å²) < 4.78 is 0. The molecule has 2 fully saturated rings. The van der Waals surface area contributed by atoms with Gasteiger partial charge in [-0.2, -0.15) is 0 Å². The zero-order chi connectivity index (χ0) is 20.7. The lowest BCUT2D eigenvalue weighted by Crippen LogP contribution is -2.48. The highest BCUT2D eigenvalue weighted by atomic mass is 16.2. The molecule has 5 nitrogen and oxygen atoms in total. The Labute approximate surface area is 178 Å². The standard InChI is InChI=1S/C25H31N3O2/c1-17-23-19(10-5-13-22(23)29)26-24(17)25(30)28-15-7-12-21(28)20-11-6-14-27(20)16-18-8-3-2-4-9-18/h2-4,8-9,20-21,26H,5-7,10-16H2,1H3/t20-,21-/m0/s1. The second kappa shape index (κ2) is 8.03. The first kappa shape index (κ1) is 19.6. The van der Waals surface area contributed by atoms with Gasteiger partial charge in [0.05, 0.1) is 0 Å². The molecule has 1 N–H and O–H groups in total. The van der Waals surface area contributed by atoms with Crippen LogP contribution in [0.5, 0.6) is 0 Å². The van der Waals surface area contributed by atoms with Gasteiger partial charge in [0, 0.05) is 42.9 Å². The number of benzene rings is 1. The molecule has 2 aliphatic heterocycles. The number of Topliss-reactive ketones (excluding diaryl/α,β-unsaturated/α-hetero) is 1. The van der Waals surface area contributed by atoms with Crippen LogP contribution in [0.3, 0.4) is 0 Å². The van der Waals surface area contributed by atoms with Crippen molar-refractivity contribution < 1.29 is 9.59 Å². The van der Waals surface area contributed by atoms with Crippen molar-refractivity contribution in [2.24, 2.45) is 0 Å². The SMILES string of the molecule is Cc1c(C(=O)N2CCC[C@H]2[C@@H]2CCCN2Cc2ccccc2)[nH]c2c1C(=O)CCC2. The van der Waals surface area contributed by atoms with Crippen LogP contribution in [0.15, 0.2) is 30.3 Å². The molecular weight excluding hydrogens is 374 g/mol. The average Bonchev–Trinajstić information content (AvgIpc) is 3.47. The lowest BCUT2D eigenvalue weighted by molar-refractivity contribution is 0.0633. The maximum absolute atomic E-state index is 13.6. The van der Waals surface area contributed by atoms with Crippen LogP contribution in [0.25, 0.3) is 0 Å². The van der Waals surface area contributed by atoms with E-state index in [9.17, 15) is 9.59 Å². The van der Waals surface area contributed by atoms with E-state index in [4.69, 9.17) is 0 Å². The van der Waals surface area contributed by atoms with E-state index in [0.717, 1.165) is 68.6 Å². The second-order valence-corrected chi connectivity index (χ2v) is 9.13. The van der Waals surface area contributed by atoms with Gasteiger partial charge >= 0.3 is 0 Å². The molecule has 5 rings (SSSR count). The molecule has 0 radical (unpaired) electrons. The molecular formula is C25H31N3O2. The molecule has 5 heteroatoms. The maximum Gasteiger partial charge on any atom is 0.270 e. The number of hydrogen-bond donors (Lipinski definition) is 1. The predicted molar refractivity (Wildman–Crippen MR) is 117 cm³/mol. The molecule has 1 amide bonds. The number of amides is 1. The summed E-state index contributed by atoms with van der Waals surface area (Å²) in [7, 11) is 0. The molecule has 158 valence electrons. The smallest absolute Gasteiger partial charge is 0.270 e. The van der Waals surface area contributed by atoms with Crippen molar-refractivity contribution in [2.45, 2.75) is 70.5 Å². The van der Waals surface area contributed by atoms with E-state index in [1.165, 1.54) is 12.0 Å². The fourth-order valence-corrected chi connectivity index (χ4v) is 5.88. The molecule has 0 bridgehead atoms. The average molecular weight is 406 g/mol. The summed E-state index contributed by atoms with van der Waals surface area (Å²) in [5.74, 6) is 0.274. The van der Waals surface area contributed by atoms with Gasteiger partial charge in [0.25, 0.3) is 5.91 Å². The molecule has 30 heavy (non-hydrogen) atoms. The predicted octanol–water partition coefficient (Wildman–Crippen LogP) is 4.11. The molecule has 0 unspecified atom stereocenters. The Morgan fingerprint density at radius 3 is 2.60 bits per heavy atom. The highest BCUT2D eigenvalue weighted by Crippen LogP contribution is 2.33. The number of hydrogen-bond acceptors (Lipinski definition) is 3. The van der Waals surface area contributed by atoms with Gasteiger partial charge in [0.2, 0.25) is 0 Å². The highest BCUT2D eigenvalue weighted by molar-refractivity contribution is 6.04. The molecule has 1 aromatic heterocycles. The van der Waals surface area contributed by atoms with Crippen LogP contribution >= 0.6 is 0 Å². The maximum atomic E-state index is 13.6. The van der Waals surface area contributed by atoms with Gasteiger partial charge in [-0.1, -0.05) is 30.3 Å². The first-order valence-corrected chi connectivity index (χ1v) is 11.5. The summed E-state index contributed by atoms with van der Waals surface area (Å²) in [5, 5.41) is 0. The quantitative estimate of drug-likeness (QED) is 0.833. The van der Waals surface area contributed by atoms with E-state index in [1.807, 2.05) is 6.92 Å². The number of rotatable bonds is 4. The van der Waals surface area contributed by atoms with Crippen LogP contribution in [-0.4, -0.2) is 51.6 Å². The normalized spacial score (nSPS) is 24.4. The highest BCUT2D eigenvalue weighted by Gasteiger charge is 2.41. The van der Waals surface area contributed by atoms with Crippen LogP contribution in [0.1, 0.15) is 76.2 Å². The van der Waals surface area contributed by atoms with E-state index in [-0.39, 0.29) is 17.7 Å². The monoisotopic (exact) mass is 405 g/mol. The number of carbonyl (C=O) groups is 2. The molecule has 0 saturated carbocycles. The number of nitrogens with one attached hydrogen (secondary N) is 1. The first-order valence-electron chi connectivity index (χ1n) is 11.5. The fraction of sp³-hybridized carbons (Fsp3) is 0.520. The van der Waals surface area contributed by atoms with E-state index in [1.54, 1.807) is 0 Å².